The lowest BCUT2D eigenvalue weighted by Crippen LogP contribution is -2.48. The van der Waals surface area contributed by atoms with Gasteiger partial charge in [0.2, 0.25) is 0 Å². The monoisotopic (exact) mass is 228 g/mol. The second-order valence-electron chi connectivity index (χ2n) is 5.06. The molecule has 1 saturated heterocycles. The Labute approximate surface area is 98.0 Å². The normalized spacial score (nSPS) is 29.8. The van der Waals surface area contributed by atoms with Crippen molar-refractivity contribution in [3.8, 4) is 0 Å². The van der Waals surface area contributed by atoms with Gasteiger partial charge >= 0.3 is 0 Å². The maximum Gasteiger partial charge on any atom is 0.0283 e. The van der Waals surface area contributed by atoms with Gasteiger partial charge in [-0.2, -0.15) is 11.8 Å². The summed E-state index contributed by atoms with van der Waals surface area (Å²) < 4.78 is 0. The van der Waals surface area contributed by atoms with Crippen molar-refractivity contribution in [3.63, 3.8) is 0 Å². The highest BCUT2D eigenvalue weighted by atomic mass is 32.2. The fraction of sp³-hybridized carbons (Fsp3) is 1.00. The Morgan fingerprint density at radius 2 is 2.33 bits per heavy atom. The zero-order valence-corrected chi connectivity index (χ0v) is 10.7. The van der Waals surface area contributed by atoms with Gasteiger partial charge in [-0.1, -0.05) is 13.3 Å². The van der Waals surface area contributed by atoms with Gasteiger partial charge in [0.1, 0.15) is 0 Å². The van der Waals surface area contributed by atoms with Crippen LogP contribution in [0, 0.1) is 5.41 Å². The summed E-state index contributed by atoms with van der Waals surface area (Å²) in [7, 11) is 0. The molecule has 2 N–H and O–H groups in total. The van der Waals surface area contributed by atoms with E-state index >= 15 is 0 Å². The molecule has 0 aromatic heterocycles. The SMILES string of the molecule is CCC1(CNCC2CSCCN2)CCC1. The minimum Gasteiger partial charge on any atom is -0.315 e. The molecule has 1 unspecified atom stereocenters. The van der Waals surface area contributed by atoms with Crippen molar-refractivity contribution in [2.24, 2.45) is 5.41 Å². The molecule has 1 saturated carbocycles. The third-order valence-electron chi connectivity index (χ3n) is 4.05. The molecule has 2 nitrogen and oxygen atoms in total. The van der Waals surface area contributed by atoms with E-state index in [1.54, 1.807) is 0 Å². The van der Waals surface area contributed by atoms with Crippen LogP contribution in [-0.2, 0) is 0 Å². The fourth-order valence-electron chi connectivity index (χ4n) is 2.59. The maximum atomic E-state index is 3.67. The van der Waals surface area contributed by atoms with Crippen LogP contribution in [0.25, 0.3) is 0 Å². The lowest BCUT2D eigenvalue weighted by atomic mass is 9.67. The molecule has 0 radical (unpaired) electrons. The van der Waals surface area contributed by atoms with Gasteiger partial charge in [-0.25, -0.2) is 0 Å². The first-order chi connectivity index (χ1) is 7.35. The van der Waals surface area contributed by atoms with Crippen LogP contribution in [0.4, 0.5) is 0 Å². The molecule has 2 fully saturated rings. The van der Waals surface area contributed by atoms with Gasteiger partial charge in [-0.3, -0.25) is 0 Å². The highest BCUT2D eigenvalue weighted by molar-refractivity contribution is 7.99. The molecule has 15 heavy (non-hydrogen) atoms. The average molecular weight is 228 g/mol. The zero-order valence-electron chi connectivity index (χ0n) is 9.85. The van der Waals surface area contributed by atoms with E-state index < -0.39 is 0 Å². The summed E-state index contributed by atoms with van der Waals surface area (Å²) in [5.74, 6) is 2.57. The Balaban J connectivity index is 1.61. The fourth-order valence-corrected chi connectivity index (χ4v) is 3.54. The van der Waals surface area contributed by atoms with E-state index in [2.05, 4.69) is 29.3 Å². The van der Waals surface area contributed by atoms with Gasteiger partial charge in [0.05, 0.1) is 0 Å². The summed E-state index contributed by atoms with van der Waals surface area (Å²) in [6.45, 7) is 5.94. The molecule has 1 atom stereocenters. The third-order valence-corrected chi connectivity index (χ3v) is 5.18. The van der Waals surface area contributed by atoms with Gasteiger partial charge in [0.15, 0.2) is 0 Å². The Morgan fingerprint density at radius 3 is 2.87 bits per heavy atom. The van der Waals surface area contributed by atoms with E-state index in [0.29, 0.717) is 11.5 Å². The largest absolute Gasteiger partial charge is 0.315 e. The molecule has 0 aromatic rings. The van der Waals surface area contributed by atoms with Crippen LogP contribution in [0.5, 0.6) is 0 Å². The first-order valence-corrected chi connectivity index (χ1v) is 7.52. The van der Waals surface area contributed by atoms with E-state index in [9.17, 15) is 0 Å². The van der Waals surface area contributed by atoms with Gasteiger partial charge in [0, 0.05) is 37.2 Å². The molecule has 0 aromatic carbocycles. The number of nitrogens with one attached hydrogen (secondary N) is 2. The van der Waals surface area contributed by atoms with Crippen LogP contribution in [0.1, 0.15) is 32.6 Å². The topological polar surface area (TPSA) is 24.1 Å². The average Bonchev–Trinajstić information content (AvgIpc) is 2.24. The quantitative estimate of drug-likeness (QED) is 0.751. The molecule has 0 amide bonds. The maximum absolute atomic E-state index is 3.67. The first kappa shape index (κ1) is 11.7. The molecule has 0 spiro atoms. The Bertz CT molecular complexity index is 181. The molecule has 2 rings (SSSR count). The summed E-state index contributed by atoms with van der Waals surface area (Å²) >= 11 is 2.08. The Kier molecular flexibility index (Phi) is 4.35. The minimum absolute atomic E-state index is 0.668. The molecular formula is C12H24N2S. The molecule has 88 valence electrons. The van der Waals surface area contributed by atoms with Crippen LogP contribution < -0.4 is 10.6 Å². The van der Waals surface area contributed by atoms with E-state index in [1.807, 2.05) is 0 Å². The van der Waals surface area contributed by atoms with Crippen molar-refractivity contribution >= 4 is 11.8 Å². The molecule has 1 aliphatic carbocycles. The standard InChI is InChI=1S/C12H24N2S/c1-2-12(4-3-5-12)10-13-8-11-9-15-7-6-14-11/h11,13-14H,2-10H2,1H3. The molecule has 1 aliphatic heterocycles. The summed E-state index contributed by atoms with van der Waals surface area (Å²) in [5.41, 5.74) is 0.668. The van der Waals surface area contributed by atoms with Crippen molar-refractivity contribution in [1.29, 1.82) is 0 Å². The number of hydrogen-bond donors (Lipinski definition) is 2. The highest BCUT2D eigenvalue weighted by Crippen LogP contribution is 2.42. The second-order valence-corrected chi connectivity index (χ2v) is 6.21. The molecule has 3 heteroatoms. The van der Waals surface area contributed by atoms with Crippen LogP contribution in [0.3, 0.4) is 0 Å². The predicted octanol–water partition coefficient (Wildman–Crippen LogP) is 1.86. The van der Waals surface area contributed by atoms with E-state index in [1.165, 1.54) is 50.3 Å². The van der Waals surface area contributed by atoms with Gasteiger partial charge in [-0.05, 0) is 24.7 Å². The van der Waals surface area contributed by atoms with Crippen molar-refractivity contribution < 1.29 is 0 Å². The number of hydrogen-bond acceptors (Lipinski definition) is 3. The van der Waals surface area contributed by atoms with Crippen molar-refractivity contribution in [1.82, 2.24) is 10.6 Å². The van der Waals surface area contributed by atoms with Crippen LogP contribution >= 0.6 is 11.8 Å². The second kappa shape index (κ2) is 5.55. The van der Waals surface area contributed by atoms with E-state index in [4.69, 9.17) is 0 Å². The van der Waals surface area contributed by atoms with E-state index in [-0.39, 0.29) is 0 Å². The molecule has 2 aliphatic rings. The minimum atomic E-state index is 0.668. The summed E-state index contributed by atoms with van der Waals surface area (Å²) in [6, 6.07) is 0.706. The van der Waals surface area contributed by atoms with E-state index in [0.717, 1.165) is 6.54 Å². The highest BCUT2D eigenvalue weighted by Gasteiger charge is 2.34. The third kappa shape index (κ3) is 3.11. The van der Waals surface area contributed by atoms with Crippen LogP contribution in [0.15, 0.2) is 0 Å². The number of thioether (sulfide) groups is 1. The van der Waals surface area contributed by atoms with Crippen LogP contribution in [0.2, 0.25) is 0 Å². The first-order valence-electron chi connectivity index (χ1n) is 6.36. The molecule has 0 bridgehead atoms. The lowest BCUT2D eigenvalue weighted by molar-refractivity contribution is 0.123. The Morgan fingerprint density at radius 1 is 1.47 bits per heavy atom. The van der Waals surface area contributed by atoms with Crippen LogP contribution in [-0.4, -0.2) is 37.2 Å². The zero-order chi connectivity index (χ0) is 10.6. The van der Waals surface area contributed by atoms with Gasteiger partial charge in [0.25, 0.3) is 0 Å². The molecule has 1 heterocycles. The van der Waals surface area contributed by atoms with Crippen molar-refractivity contribution in [2.75, 3.05) is 31.1 Å². The number of rotatable bonds is 5. The lowest BCUT2D eigenvalue weighted by Gasteiger charge is -2.42. The smallest absolute Gasteiger partial charge is 0.0283 e. The summed E-state index contributed by atoms with van der Waals surface area (Å²) in [5, 5.41) is 7.25. The summed E-state index contributed by atoms with van der Waals surface area (Å²) in [4.78, 5) is 0. The van der Waals surface area contributed by atoms with Gasteiger partial charge < -0.3 is 10.6 Å². The van der Waals surface area contributed by atoms with Crippen molar-refractivity contribution in [2.45, 2.75) is 38.6 Å². The predicted molar refractivity (Wildman–Crippen MR) is 68.6 cm³/mol. The van der Waals surface area contributed by atoms with Crippen molar-refractivity contribution in [3.05, 3.63) is 0 Å². The molecular weight excluding hydrogens is 204 g/mol. The summed E-state index contributed by atoms with van der Waals surface area (Å²) in [6.07, 6.45) is 5.70. The Hall–Kier alpha value is 0.270. The van der Waals surface area contributed by atoms with Gasteiger partial charge in [-0.15, -0.1) is 0 Å².